The number of thiazole rings is 1. The van der Waals surface area contributed by atoms with Gasteiger partial charge in [-0.15, -0.1) is 0 Å². The molecular formula is C17H13FN4S. The van der Waals surface area contributed by atoms with Crippen molar-refractivity contribution in [2.75, 3.05) is 5.73 Å². The van der Waals surface area contributed by atoms with Gasteiger partial charge in [-0.3, -0.25) is 5.10 Å². The Morgan fingerprint density at radius 3 is 2.78 bits per heavy atom. The highest BCUT2D eigenvalue weighted by Crippen LogP contribution is 2.39. The summed E-state index contributed by atoms with van der Waals surface area (Å²) in [5, 5.41) is 8.54. The summed E-state index contributed by atoms with van der Waals surface area (Å²) in [4.78, 5) is 5.41. The topological polar surface area (TPSA) is 67.6 Å². The van der Waals surface area contributed by atoms with Gasteiger partial charge >= 0.3 is 0 Å². The quantitative estimate of drug-likeness (QED) is 0.575. The summed E-state index contributed by atoms with van der Waals surface area (Å²) in [5.74, 6) is -0.225. The third-order valence-electron chi connectivity index (χ3n) is 3.78. The van der Waals surface area contributed by atoms with Gasteiger partial charge in [-0.2, -0.15) is 5.10 Å². The van der Waals surface area contributed by atoms with Crippen LogP contribution in [-0.2, 0) is 0 Å². The van der Waals surface area contributed by atoms with Gasteiger partial charge in [-0.05, 0) is 42.3 Å². The molecule has 114 valence electrons. The molecule has 0 unspecified atom stereocenters. The van der Waals surface area contributed by atoms with Gasteiger partial charge in [0, 0.05) is 10.9 Å². The van der Waals surface area contributed by atoms with Crippen LogP contribution in [-0.4, -0.2) is 15.2 Å². The van der Waals surface area contributed by atoms with Gasteiger partial charge < -0.3 is 5.73 Å². The number of anilines is 1. The molecule has 4 rings (SSSR count). The van der Waals surface area contributed by atoms with Crippen molar-refractivity contribution in [2.24, 2.45) is 0 Å². The minimum absolute atomic E-state index is 0.225. The van der Waals surface area contributed by atoms with Crippen molar-refractivity contribution in [3.05, 3.63) is 54.0 Å². The lowest BCUT2D eigenvalue weighted by Crippen LogP contribution is -1.88. The Hall–Kier alpha value is -2.73. The van der Waals surface area contributed by atoms with E-state index in [-0.39, 0.29) is 5.82 Å². The number of H-pyrrole nitrogens is 1. The van der Waals surface area contributed by atoms with Gasteiger partial charge in [-0.1, -0.05) is 23.5 Å². The van der Waals surface area contributed by atoms with Crippen molar-refractivity contribution in [3.8, 4) is 21.7 Å². The average molecular weight is 324 g/mol. The Morgan fingerprint density at radius 1 is 1.13 bits per heavy atom. The van der Waals surface area contributed by atoms with Crippen LogP contribution in [0.25, 0.3) is 32.6 Å². The first-order valence-corrected chi connectivity index (χ1v) is 7.90. The summed E-state index contributed by atoms with van der Waals surface area (Å²) in [6.07, 6.45) is 1.78. The highest BCUT2D eigenvalue weighted by Gasteiger charge is 2.15. The molecule has 0 amide bonds. The second-order valence-electron chi connectivity index (χ2n) is 5.37. The van der Waals surface area contributed by atoms with Crippen LogP contribution in [0.1, 0.15) is 5.56 Å². The van der Waals surface area contributed by atoms with E-state index in [1.54, 1.807) is 25.3 Å². The molecule has 0 saturated carbocycles. The molecule has 6 heteroatoms. The summed E-state index contributed by atoms with van der Waals surface area (Å²) in [6.45, 7) is 1.74. The second kappa shape index (κ2) is 5.17. The molecular weight excluding hydrogens is 311 g/mol. The standard InChI is InChI=1S/C17H13FN4S/c1-9-6-10(4-5-13(9)18)15-16(23-17(19)21-15)11-2-3-12-8-20-22-14(12)7-11/h2-8H,1H3,(H2,19,21)(H,20,22). The highest BCUT2D eigenvalue weighted by atomic mass is 32.1. The molecule has 0 radical (unpaired) electrons. The maximum absolute atomic E-state index is 13.5. The SMILES string of the molecule is Cc1cc(-c2nc(N)sc2-c2ccc3cn[nH]c3c2)ccc1F. The number of nitrogens with zero attached hydrogens (tertiary/aromatic N) is 2. The van der Waals surface area contributed by atoms with E-state index in [9.17, 15) is 4.39 Å². The summed E-state index contributed by atoms with van der Waals surface area (Å²) >= 11 is 1.42. The molecule has 4 aromatic rings. The number of nitrogens with one attached hydrogen (secondary N) is 1. The fourth-order valence-electron chi connectivity index (χ4n) is 2.60. The van der Waals surface area contributed by atoms with E-state index in [2.05, 4.69) is 15.2 Å². The molecule has 0 fully saturated rings. The van der Waals surface area contributed by atoms with Crippen LogP contribution >= 0.6 is 11.3 Å². The van der Waals surface area contributed by atoms with Crippen LogP contribution in [0, 0.1) is 12.7 Å². The molecule has 2 aromatic heterocycles. The third-order valence-corrected chi connectivity index (χ3v) is 4.71. The molecule has 0 aliphatic rings. The van der Waals surface area contributed by atoms with Crippen LogP contribution in [0.2, 0.25) is 0 Å². The number of hydrogen-bond donors (Lipinski definition) is 2. The number of aromatic amines is 1. The minimum atomic E-state index is -0.225. The number of hydrogen-bond acceptors (Lipinski definition) is 4. The van der Waals surface area contributed by atoms with Crippen molar-refractivity contribution < 1.29 is 4.39 Å². The van der Waals surface area contributed by atoms with Gasteiger partial charge in [0.1, 0.15) is 5.82 Å². The van der Waals surface area contributed by atoms with Gasteiger partial charge in [-0.25, -0.2) is 9.37 Å². The first-order valence-electron chi connectivity index (χ1n) is 7.08. The molecule has 2 aromatic carbocycles. The Bertz CT molecular complexity index is 1020. The van der Waals surface area contributed by atoms with Gasteiger partial charge in [0.25, 0.3) is 0 Å². The van der Waals surface area contributed by atoms with Crippen LogP contribution in [0.15, 0.2) is 42.6 Å². The van der Waals surface area contributed by atoms with Crippen LogP contribution in [0.5, 0.6) is 0 Å². The Kier molecular flexibility index (Phi) is 3.12. The zero-order valence-corrected chi connectivity index (χ0v) is 13.1. The fourth-order valence-corrected chi connectivity index (χ4v) is 3.45. The summed E-state index contributed by atoms with van der Waals surface area (Å²) in [6, 6.07) is 11.0. The summed E-state index contributed by atoms with van der Waals surface area (Å²) in [7, 11) is 0. The predicted molar refractivity (Wildman–Crippen MR) is 91.7 cm³/mol. The largest absolute Gasteiger partial charge is 0.375 e. The van der Waals surface area contributed by atoms with Gasteiger partial charge in [0.05, 0.1) is 22.3 Å². The zero-order valence-electron chi connectivity index (χ0n) is 12.3. The number of aromatic nitrogens is 3. The summed E-state index contributed by atoms with van der Waals surface area (Å²) < 4.78 is 13.5. The average Bonchev–Trinajstić information content (AvgIpc) is 3.15. The summed E-state index contributed by atoms with van der Waals surface area (Å²) in [5.41, 5.74) is 10.1. The number of benzene rings is 2. The molecule has 0 aliphatic carbocycles. The molecule has 4 nitrogen and oxygen atoms in total. The lowest BCUT2D eigenvalue weighted by atomic mass is 10.0. The number of rotatable bonds is 2. The predicted octanol–water partition coefficient (Wildman–Crippen LogP) is 4.38. The van der Waals surface area contributed by atoms with Crippen LogP contribution < -0.4 is 5.73 Å². The van der Waals surface area contributed by atoms with Crippen molar-refractivity contribution in [2.45, 2.75) is 6.92 Å². The lowest BCUT2D eigenvalue weighted by Gasteiger charge is -2.05. The molecule has 0 atom stereocenters. The Labute approximate surface area is 135 Å². The van der Waals surface area contributed by atoms with Gasteiger partial charge in [0.15, 0.2) is 5.13 Å². The third kappa shape index (κ3) is 2.37. The van der Waals surface area contributed by atoms with Crippen molar-refractivity contribution in [3.63, 3.8) is 0 Å². The first-order chi connectivity index (χ1) is 11.1. The van der Waals surface area contributed by atoms with Crippen molar-refractivity contribution >= 4 is 27.4 Å². The first kappa shape index (κ1) is 13.9. The number of fused-ring (bicyclic) bond motifs is 1. The molecule has 0 bridgehead atoms. The van der Waals surface area contributed by atoms with E-state index >= 15 is 0 Å². The van der Waals surface area contributed by atoms with E-state index < -0.39 is 0 Å². The van der Waals surface area contributed by atoms with Crippen LogP contribution in [0.3, 0.4) is 0 Å². The van der Waals surface area contributed by atoms with Crippen molar-refractivity contribution in [1.82, 2.24) is 15.2 Å². The molecule has 23 heavy (non-hydrogen) atoms. The number of aryl methyl sites for hydroxylation is 1. The zero-order chi connectivity index (χ0) is 16.0. The second-order valence-corrected chi connectivity index (χ2v) is 6.40. The fraction of sp³-hybridized carbons (Fsp3) is 0.0588. The monoisotopic (exact) mass is 324 g/mol. The molecule has 2 heterocycles. The Balaban J connectivity index is 1.90. The van der Waals surface area contributed by atoms with E-state index in [1.165, 1.54) is 17.4 Å². The van der Waals surface area contributed by atoms with E-state index in [0.29, 0.717) is 10.7 Å². The lowest BCUT2D eigenvalue weighted by molar-refractivity contribution is 0.619. The maximum atomic E-state index is 13.5. The van der Waals surface area contributed by atoms with E-state index in [0.717, 1.165) is 32.6 Å². The molecule has 0 aliphatic heterocycles. The van der Waals surface area contributed by atoms with E-state index in [1.807, 2.05) is 18.2 Å². The molecule has 0 saturated heterocycles. The van der Waals surface area contributed by atoms with Crippen molar-refractivity contribution in [1.29, 1.82) is 0 Å². The minimum Gasteiger partial charge on any atom is -0.375 e. The van der Waals surface area contributed by atoms with Gasteiger partial charge in [0.2, 0.25) is 0 Å². The van der Waals surface area contributed by atoms with Crippen LogP contribution in [0.4, 0.5) is 9.52 Å². The Morgan fingerprint density at radius 2 is 1.96 bits per heavy atom. The molecule has 0 spiro atoms. The number of nitrogen functional groups attached to an aromatic ring is 1. The number of halogens is 1. The number of nitrogens with two attached hydrogens (primary N) is 1. The highest BCUT2D eigenvalue weighted by molar-refractivity contribution is 7.19. The normalized spacial score (nSPS) is 11.2. The van der Waals surface area contributed by atoms with E-state index in [4.69, 9.17) is 5.73 Å². The maximum Gasteiger partial charge on any atom is 0.181 e. The molecule has 3 N–H and O–H groups in total. The smallest absolute Gasteiger partial charge is 0.181 e.